The van der Waals surface area contributed by atoms with E-state index in [1.54, 1.807) is 6.07 Å². The zero-order valence-corrected chi connectivity index (χ0v) is 20.8. The second-order valence-corrected chi connectivity index (χ2v) is 11.2. The van der Waals surface area contributed by atoms with Crippen molar-refractivity contribution in [1.29, 1.82) is 0 Å². The first kappa shape index (κ1) is 23.7. The van der Waals surface area contributed by atoms with Gasteiger partial charge in [-0.15, -0.1) is 0 Å². The molecule has 7 rings (SSSR count). The van der Waals surface area contributed by atoms with Gasteiger partial charge in [0.25, 0.3) is 0 Å². The molecule has 6 heteroatoms. The molecule has 4 heterocycles. The predicted molar refractivity (Wildman–Crippen MR) is 135 cm³/mol. The highest BCUT2D eigenvalue weighted by Gasteiger charge is 2.48. The fourth-order valence-corrected chi connectivity index (χ4v) is 6.99. The fraction of sp³-hybridized carbons (Fsp3) is 0.500. The van der Waals surface area contributed by atoms with Crippen LogP contribution in [0.4, 0.5) is 4.39 Å². The van der Waals surface area contributed by atoms with Gasteiger partial charge < -0.3 is 18.8 Å². The molecule has 0 amide bonds. The molecule has 1 N–H and O–H groups in total. The van der Waals surface area contributed by atoms with Gasteiger partial charge in [-0.3, -0.25) is 0 Å². The van der Waals surface area contributed by atoms with Crippen molar-refractivity contribution in [3.8, 4) is 5.75 Å². The molecule has 1 saturated carbocycles. The minimum absolute atomic E-state index is 0.0696. The van der Waals surface area contributed by atoms with E-state index >= 15 is 0 Å². The van der Waals surface area contributed by atoms with Crippen LogP contribution in [0.2, 0.25) is 0 Å². The summed E-state index contributed by atoms with van der Waals surface area (Å²) >= 11 is 0. The largest absolute Gasteiger partial charge is 0.484 e. The highest BCUT2D eigenvalue weighted by molar-refractivity contribution is 5.33. The second kappa shape index (κ2) is 9.64. The zero-order chi connectivity index (χ0) is 24.6. The van der Waals surface area contributed by atoms with Crippen molar-refractivity contribution in [1.82, 2.24) is 5.16 Å². The van der Waals surface area contributed by atoms with Crippen molar-refractivity contribution in [2.24, 2.45) is 11.8 Å². The predicted octanol–water partition coefficient (Wildman–Crippen LogP) is 5.82. The summed E-state index contributed by atoms with van der Waals surface area (Å²) in [6.45, 7) is 3.77. The molecule has 1 unspecified atom stereocenters. The number of piperidine rings is 3. The van der Waals surface area contributed by atoms with Crippen LogP contribution in [0.1, 0.15) is 62.0 Å². The van der Waals surface area contributed by atoms with Crippen LogP contribution in [-0.4, -0.2) is 40.5 Å². The van der Waals surface area contributed by atoms with Crippen LogP contribution in [0.25, 0.3) is 0 Å². The van der Waals surface area contributed by atoms with Gasteiger partial charge in [0.15, 0.2) is 11.9 Å². The lowest BCUT2D eigenvalue weighted by Gasteiger charge is -2.51. The number of halogens is 1. The second-order valence-electron chi connectivity index (χ2n) is 11.2. The lowest BCUT2D eigenvalue weighted by molar-refractivity contribution is -0.959. The molecule has 1 aliphatic carbocycles. The van der Waals surface area contributed by atoms with Crippen molar-refractivity contribution >= 4 is 0 Å². The summed E-state index contributed by atoms with van der Waals surface area (Å²) in [6.07, 6.45) is 7.75. The summed E-state index contributed by atoms with van der Waals surface area (Å²) in [6, 6.07) is 18.4. The molecule has 2 aromatic carbocycles. The molecule has 2 atom stereocenters. The average Bonchev–Trinajstić information content (AvgIpc) is 3.38. The molecule has 4 fully saturated rings. The molecule has 4 aliphatic rings. The van der Waals surface area contributed by atoms with Crippen molar-refractivity contribution in [3.63, 3.8) is 0 Å². The number of hydrogen-bond donors (Lipinski definition) is 1. The Morgan fingerprint density at radius 2 is 1.75 bits per heavy atom. The van der Waals surface area contributed by atoms with Crippen LogP contribution in [0.15, 0.2) is 65.2 Å². The zero-order valence-electron chi connectivity index (χ0n) is 20.8. The van der Waals surface area contributed by atoms with Crippen LogP contribution in [0, 0.1) is 17.7 Å². The third-order valence-corrected chi connectivity index (χ3v) is 8.98. The molecule has 0 spiro atoms. The summed E-state index contributed by atoms with van der Waals surface area (Å²) in [5.41, 5.74) is 0.390. The van der Waals surface area contributed by atoms with E-state index in [1.807, 2.05) is 42.5 Å². The molecule has 1 aromatic heterocycles. The standard InChI is InChI=1S/C30H36FN2O3/c31-25-12-7-13-26(18-25)35-28-21-33(16-14-22(28)15-17-33)20-27-19-29(32-36-27)30(34,23-8-3-1-4-9-23)24-10-5-2-6-11-24/h1,3-4,7-9,12-13,18-19,22,24,28,34H,2,5-6,10-11,14-17,20-21H2/q+1/t22?,28-,30?,33?/m0/s1. The van der Waals surface area contributed by atoms with E-state index < -0.39 is 5.60 Å². The SMILES string of the molecule is OC(c1ccccc1)(c1cc(C[N+]23CCC(CC2)[C@@H](Oc2cccc(F)c2)C3)on1)C1CCCCC1. The highest BCUT2D eigenvalue weighted by atomic mass is 19.1. The van der Waals surface area contributed by atoms with E-state index in [2.05, 4.69) is 5.16 Å². The summed E-state index contributed by atoms with van der Waals surface area (Å²) < 4.78 is 26.8. The molecule has 190 valence electrons. The molecule has 3 aliphatic heterocycles. The van der Waals surface area contributed by atoms with Crippen molar-refractivity contribution in [2.45, 2.75) is 63.2 Å². The molecule has 3 saturated heterocycles. The number of fused-ring (bicyclic) bond motifs is 3. The number of ether oxygens (including phenoxy) is 1. The van der Waals surface area contributed by atoms with E-state index in [9.17, 15) is 9.50 Å². The molecule has 36 heavy (non-hydrogen) atoms. The smallest absolute Gasteiger partial charge is 0.191 e. The van der Waals surface area contributed by atoms with Gasteiger partial charge in [-0.1, -0.05) is 60.8 Å². The number of benzene rings is 2. The quantitative estimate of drug-likeness (QED) is 0.423. The summed E-state index contributed by atoms with van der Waals surface area (Å²) in [5, 5.41) is 16.6. The first-order valence-electron chi connectivity index (χ1n) is 13.6. The molecular weight excluding hydrogens is 455 g/mol. The maximum Gasteiger partial charge on any atom is 0.191 e. The Kier molecular flexibility index (Phi) is 6.34. The van der Waals surface area contributed by atoms with Gasteiger partial charge in [0.1, 0.15) is 36.0 Å². The molecule has 2 bridgehead atoms. The summed E-state index contributed by atoms with van der Waals surface area (Å²) in [4.78, 5) is 0. The topological polar surface area (TPSA) is 55.5 Å². The monoisotopic (exact) mass is 491 g/mol. The number of aliphatic hydroxyl groups is 1. The maximum absolute atomic E-state index is 13.7. The van der Waals surface area contributed by atoms with Crippen LogP contribution in [-0.2, 0) is 12.1 Å². The Bertz CT molecular complexity index is 1170. The number of quaternary nitrogens is 1. The highest BCUT2D eigenvalue weighted by Crippen LogP contribution is 2.44. The lowest BCUT2D eigenvalue weighted by Crippen LogP contribution is -2.64. The lowest BCUT2D eigenvalue weighted by atomic mass is 9.71. The van der Waals surface area contributed by atoms with Crippen LogP contribution < -0.4 is 4.74 Å². The minimum atomic E-state index is -1.14. The van der Waals surface area contributed by atoms with Gasteiger partial charge in [-0.25, -0.2) is 4.39 Å². The van der Waals surface area contributed by atoms with Crippen molar-refractivity contribution < 1.29 is 23.2 Å². The first-order chi connectivity index (χ1) is 17.5. The van der Waals surface area contributed by atoms with Crippen LogP contribution in [0.3, 0.4) is 0 Å². The summed E-state index contributed by atoms with van der Waals surface area (Å²) in [5.74, 6) is 1.80. The van der Waals surface area contributed by atoms with Crippen LogP contribution >= 0.6 is 0 Å². The van der Waals surface area contributed by atoms with Gasteiger partial charge in [-0.05, 0) is 36.5 Å². The Balaban J connectivity index is 1.23. The van der Waals surface area contributed by atoms with Gasteiger partial charge in [0.2, 0.25) is 0 Å². The first-order valence-corrected chi connectivity index (χ1v) is 13.6. The Labute approximate surface area is 212 Å². The normalized spacial score (nSPS) is 28.1. The van der Waals surface area contributed by atoms with Crippen molar-refractivity contribution in [3.05, 3.63) is 83.5 Å². The molecule has 0 radical (unpaired) electrons. The minimum Gasteiger partial charge on any atom is -0.484 e. The van der Waals surface area contributed by atoms with E-state index in [0.717, 1.165) is 80.5 Å². The molecule has 5 nitrogen and oxygen atoms in total. The number of aromatic nitrogens is 1. The van der Waals surface area contributed by atoms with E-state index in [1.165, 1.54) is 18.6 Å². The van der Waals surface area contributed by atoms with E-state index in [-0.39, 0.29) is 17.8 Å². The van der Waals surface area contributed by atoms with E-state index in [0.29, 0.717) is 17.4 Å². The van der Waals surface area contributed by atoms with Crippen molar-refractivity contribution in [2.75, 3.05) is 19.6 Å². The fourth-order valence-electron chi connectivity index (χ4n) is 6.99. The van der Waals surface area contributed by atoms with Crippen LogP contribution in [0.5, 0.6) is 5.75 Å². The van der Waals surface area contributed by atoms with Gasteiger partial charge in [0, 0.05) is 30.9 Å². The maximum atomic E-state index is 13.7. The Morgan fingerprint density at radius 3 is 2.50 bits per heavy atom. The summed E-state index contributed by atoms with van der Waals surface area (Å²) in [7, 11) is 0. The Morgan fingerprint density at radius 1 is 0.972 bits per heavy atom. The number of nitrogens with zero attached hydrogens (tertiary/aromatic N) is 2. The third kappa shape index (κ3) is 4.46. The number of hydrogen-bond acceptors (Lipinski definition) is 4. The van der Waals surface area contributed by atoms with Gasteiger partial charge in [0.05, 0.1) is 13.1 Å². The molecule has 3 aromatic rings. The average molecular weight is 492 g/mol. The van der Waals surface area contributed by atoms with Gasteiger partial charge >= 0.3 is 0 Å². The third-order valence-electron chi connectivity index (χ3n) is 8.98. The number of rotatable bonds is 7. The van der Waals surface area contributed by atoms with E-state index in [4.69, 9.17) is 9.26 Å². The molecular formula is C30H36FN2O3+. The Hall–Kier alpha value is -2.70. The van der Waals surface area contributed by atoms with Gasteiger partial charge in [-0.2, -0.15) is 0 Å².